The molecule has 0 radical (unpaired) electrons. The van der Waals surface area contributed by atoms with E-state index in [0.29, 0.717) is 6.61 Å². The summed E-state index contributed by atoms with van der Waals surface area (Å²) in [4.78, 5) is 5.14. The Balaban J connectivity index is 2.05. The van der Waals surface area contributed by atoms with Crippen molar-refractivity contribution in [2.45, 2.75) is 45.1 Å². The molecule has 0 saturated heterocycles. The van der Waals surface area contributed by atoms with Crippen LogP contribution in [0.15, 0.2) is 41.4 Å². The standard InChI is InChI=1S/C22H25NO2/c1-21(2)13-25-20-16(24-5)11-15-12-22(3,4)23-19(17(15)18(20)21)14-9-7-6-8-10-14/h6-11H,12-13H2,1-5H3. The van der Waals surface area contributed by atoms with E-state index < -0.39 is 0 Å². The van der Waals surface area contributed by atoms with Crippen molar-refractivity contribution in [1.82, 2.24) is 0 Å². The second-order valence-electron chi connectivity index (χ2n) is 8.31. The Morgan fingerprint density at radius 1 is 1.08 bits per heavy atom. The van der Waals surface area contributed by atoms with Gasteiger partial charge in [0.2, 0.25) is 0 Å². The van der Waals surface area contributed by atoms with E-state index in [-0.39, 0.29) is 11.0 Å². The number of hydrogen-bond acceptors (Lipinski definition) is 3. The summed E-state index contributed by atoms with van der Waals surface area (Å²) in [5.74, 6) is 1.72. The fraction of sp³-hybridized carbons (Fsp3) is 0.409. The number of fused-ring (bicyclic) bond motifs is 3. The molecule has 0 spiro atoms. The van der Waals surface area contributed by atoms with Crippen LogP contribution in [0.5, 0.6) is 11.5 Å². The Kier molecular flexibility index (Phi) is 3.47. The summed E-state index contributed by atoms with van der Waals surface area (Å²) in [6.07, 6.45) is 0.901. The fourth-order valence-corrected chi connectivity index (χ4v) is 4.04. The average Bonchev–Trinajstić information content (AvgIpc) is 2.89. The van der Waals surface area contributed by atoms with Gasteiger partial charge in [0.05, 0.1) is 25.0 Å². The van der Waals surface area contributed by atoms with Crippen LogP contribution in [0.4, 0.5) is 0 Å². The van der Waals surface area contributed by atoms with Gasteiger partial charge in [0.25, 0.3) is 0 Å². The first kappa shape index (κ1) is 16.2. The first-order chi connectivity index (χ1) is 11.8. The maximum Gasteiger partial charge on any atom is 0.165 e. The summed E-state index contributed by atoms with van der Waals surface area (Å²) in [6.45, 7) is 9.53. The zero-order valence-corrected chi connectivity index (χ0v) is 15.6. The van der Waals surface area contributed by atoms with Gasteiger partial charge in [-0.25, -0.2) is 0 Å². The summed E-state index contributed by atoms with van der Waals surface area (Å²) < 4.78 is 11.7. The number of aliphatic imine (C=N–C) groups is 1. The van der Waals surface area contributed by atoms with Gasteiger partial charge in [0.1, 0.15) is 0 Å². The van der Waals surface area contributed by atoms with Gasteiger partial charge >= 0.3 is 0 Å². The molecule has 2 aromatic rings. The molecule has 0 amide bonds. The molecule has 3 nitrogen and oxygen atoms in total. The van der Waals surface area contributed by atoms with Gasteiger partial charge in [-0.1, -0.05) is 44.2 Å². The quantitative estimate of drug-likeness (QED) is 0.807. The molecule has 130 valence electrons. The molecule has 2 aliphatic rings. The van der Waals surface area contributed by atoms with Crippen LogP contribution in [0.3, 0.4) is 0 Å². The van der Waals surface area contributed by atoms with Crippen molar-refractivity contribution in [2.75, 3.05) is 13.7 Å². The third-order valence-corrected chi connectivity index (χ3v) is 5.12. The lowest BCUT2D eigenvalue weighted by Crippen LogP contribution is -2.32. The van der Waals surface area contributed by atoms with Crippen molar-refractivity contribution < 1.29 is 9.47 Å². The van der Waals surface area contributed by atoms with E-state index in [0.717, 1.165) is 29.2 Å². The largest absolute Gasteiger partial charge is 0.493 e. The molecular weight excluding hydrogens is 310 g/mol. The van der Waals surface area contributed by atoms with Gasteiger partial charge < -0.3 is 9.47 Å². The molecule has 3 heteroatoms. The van der Waals surface area contributed by atoms with Crippen molar-refractivity contribution in [3.05, 3.63) is 58.7 Å². The number of methoxy groups -OCH3 is 1. The average molecular weight is 335 g/mol. The van der Waals surface area contributed by atoms with Crippen molar-refractivity contribution in [1.29, 1.82) is 0 Å². The van der Waals surface area contributed by atoms with E-state index in [1.165, 1.54) is 16.7 Å². The van der Waals surface area contributed by atoms with E-state index in [1.807, 2.05) is 6.07 Å². The number of hydrogen-bond donors (Lipinski definition) is 0. The van der Waals surface area contributed by atoms with Crippen molar-refractivity contribution in [2.24, 2.45) is 4.99 Å². The van der Waals surface area contributed by atoms with E-state index in [4.69, 9.17) is 14.5 Å². The van der Waals surface area contributed by atoms with Crippen LogP contribution in [-0.2, 0) is 11.8 Å². The van der Waals surface area contributed by atoms with Gasteiger partial charge in [-0.2, -0.15) is 0 Å². The summed E-state index contributed by atoms with van der Waals surface area (Å²) in [6, 6.07) is 12.6. The van der Waals surface area contributed by atoms with E-state index in [9.17, 15) is 0 Å². The smallest absolute Gasteiger partial charge is 0.165 e. The van der Waals surface area contributed by atoms with E-state index >= 15 is 0 Å². The lowest BCUT2D eigenvalue weighted by atomic mass is 9.75. The van der Waals surface area contributed by atoms with Gasteiger partial charge in [-0.15, -0.1) is 0 Å². The molecule has 2 heterocycles. The Bertz CT molecular complexity index is 863. The third kappa shape index (κ3) is 2.53. The van der Waals surface area contributed by atoms with Crippen LogP contribution in [0, 0.1) is 0 Å². The Labute approximate surface area is 149 Å². The number of nitrogens with zero attached hydrogens (tertiary/aromatic N) is 1. The van der Waals surface area contributed by atoms with Gasteiger partial charge in [0, 0.05) is 22.1 Å². The van der Waals surface area contributed by atoms with Crippen molar-refractivity contribution in [3.8, 4) is 11.5 Å². The molecule has 0 saturated carbocycles. The van der Waals surface area contributed by atoms with Crippen LogP contribution in [0.25, 0.3) is 0 Å². The second-order valence-corrected chi connectivity index (χ2v) is 8.31. The lowest BCUT2D eigenvalue weighted by molar-refractivity contribution is 0.279. The Hall–Kier alpha value is -2.29. The highest BCUT2D eigenvalue weighted by molar-refractivity contribution is 6.16. The van der Waals surface area contributed by atoms with Gasteiger partial charge in [-0.3, -0.25) is 4.99 Å². The SMILES string of the molecule is COc1cc2c(c3c1OCC3(C)C)C(c1ccccc1)=NC(C)(C)C2. The molecule has 0 unspecified atom stereocenters. The molecule has 2 aliphatic heterocycles. The minimum absolute atomic E-state index is 0.0645. The fourth-order valence-electron chi connectivity index (χ4n) is 4.04. The summed E-state index contributed by atoms with van der Waals surface area (Å²) in [5, 5.41) is 0. The van der Waals surface area contributed by atoms with Crippen LogP contribution in [-0.4, -0.2) is 25.0 Å². The molecule has 25 heavy (non-hydrogen) atoms. The highest BCUT2D eigenvalue weighted by atomic mass is 16.5. The molecule has 0 N–H and O–H groups in total. The van der Waals surface area contributed by atoms with Crippen molar-refractivity contribution >= 4 is 5.71 Å². The van der Waals surface area contributed by atoms with Crippen molar-refractivity contribution in [3.63, 3.8) is 0 Å². The van der Waals surface area contributed by atoms with E-state index in [1.54, 1.807) is 7.11 Å². The maximum absolute atomic E-state index is 6.06. The summed E-state index contributed by atoms with van der Waals surface area (Å²) in [5.41, 5.74) is 5.80. The minimum atomic E-state index is -0.138. The molecule has 0 fully saturated rings. The minimum Gasteiger partial charge on any atom is -0.493 e. The van der Waals surface area contributed by atoms with Crippen LogP contribution < -0.4 is 9.47 Å². The topological polar surface area (TPSA) is 30.8 Å². The Morgan fingerprint density at radius 3 is 2.48 bits per heavy atom. The molecule has 2 aromatic carbocycles. The molecule has 0 aromatic heterocycles. The zero-order chi connectivity index (χ0) is 17.8. The predicted octanol–water partition coefficient (Wildman–Crippen LogP) is 4.54. The highest BCUT2D eigenvalue weighted by Gasteiger charge is 2.41. The predicted molar refractivity (Wildman–Crippen MR) is 101 cm³/mol. The van der Waals surface area contributed by atoms with E-state index in [2.05, 4.69) is 58.0 Å². The van der Waals surface area contributed by atoms with Crippen LogP contribution >= 0.6 is 0 Å². The normalized spacial score (nSPS) is 19.5. The van der Waals surface area contributed by atoms with Crippen LogP contribution in [0.1, 0.15) is 49.9 Å². The molecular formula is C22H25NO2. The zero-order valence-electron chi connectivity index (χ0n) is 15.6. The third-order valence-electron chi connectivity index (χ3n) is 5.12. The first-order valence-electron chi connectivity index (χ1n) is 8.85. The van der Waals surface area contributed by atoms with Gasteiger partial charge in [-0.05, 0) is 31.9 Å². The monoisotopic (exact) mass is 335 g/mol. The van der Waals surface area contributed by atoms with Gasteiger partial charge in [0.15, 0.2) is 11.5 Å². The molecule has 0 bridgehead atoms. The lowest BCUT2D eigenvalue weighted by Gasteiger charge is -2.33. The molecule has 0 aliphatic carbocycles. The second kappa shape index (κ2) is 5.35. The molecule has 0 atom stereocenters. The number of rotatable bonds is 2. The molecule has 4 rings (SSSR count). The highest BCUT2D eigenvalue weighted by Crippen LogP contribution is 2.50. The Morgan fingerprint density at radius 2 is 1.80 bits per heavy atom. The maximum atomic E-state index is 6.06. The van der Waals surface area contributed by atoms with Crippen LogP contribution in [0.2, 0.25) is 0 Å². The number of ether oxygens (including phenoxy) is 2. The summed E-state index contributed by atoms with van der Waals surface area (Å²) in [7, 11) is 1.72. The first-order valence-corrected chi connectivity index (χ1v) is 8.85. The number of benzene rings is 2. The summed E-state index contributed by atoms with van der Waals surface area (Å²) >= 11 is 0.